The molecule has 0 fully saturated rings. The van der Waals surface area contributed by atoms with Gasteiger partial charge in [-0.2, -0.15) is 0 Å². The summed E-state index contributed by atoms with van der Waals surface area (Å²) in [5, 5.41) is 2.44. The van der Waals surface area contributed by atoms with Gasteiger partial charge in [0.05, 0.1) is 5.69 Å². The molecule has 0 unspecified atom stereocenters. The maximum absolute atomic E-state index is 4.37. The molecule has 0 heterocycles. The summed E-state index contributed by atoms with van der Waals surface area (Å²) in [6.07, 6.45) is 0. The molecule has 0 spiro atoms. The zero-order valence-electron chi connectivity index (χ0n) is 14.6. The highest BCUT2D eigenvalue weighted by molar-refractivity contribution is 5.99. The number of allylic oxidation sites excluding steroid dienone is 1. The van der Waals surface area contributed by atoms with Gasteiger partial charge in [-0.05, 0) is 37.8 Å². The molecule has 0 saturated heterocycles. The predicted molar refractivity (Wildman–Crippen MR) is 106 cm³/mol. The van der Waals surface area contributed by atoms with Crippen LogP contribution in [-0.4, -0.2) is 0 Å². The quantitative estimate of drug-likeness (QED) is 0.533. The van der Waals surface area contributed by atoms with Crippen LogP contribution in [0.4, 0.5) is 5.69 Å². The van der Waals surface area contributed by atoms with E-state index in [1.807, 2.05) is 6.92 Å². The summed E-state index contributed by atoms with van der Waals surface area (Å²) < 4.78 is 0. The average Bonchev–Trinajstić information content (AvgIpc) is 2.55. The number of nitrogens with zero attached hydrogens (tertiary/aromatic N) is 1. The molecule has 0 radical (unpaired) electrons. The molecule has 0 amide bonds. The fourth-order valence-corrected chi connectivity index (χ4v) is 3.18. The number of rotatable bonds is 4. The third-order valence-electron chi connectivity index (χ3n) is 4.36. The Hall–Kier alpha value is -2.80. The minimum Gasteiger partial charge on any atom is -0.314 e. The summed E-state index contributed by atoms with van der Waals surface area (Å²) in [6.45, 7) is 14.8. The molecule has 0 N–H and O–H groups in total. The first-order valence-corrected chi connectivity index (χ1v) is 8.19. The maximum atomic E-state index is 4.37. The largest absolute Gasteiger partial charge is 0.314 e. The Labute approximate surface area is 144 Å². The molecule has 120 valence electrons. The fraction of sp³-hybridized carbons (Fsp3) is 0.130. The van der Waals surface area contributed by atoms with E-state index in [0.29, 0.717) is 0 Å². The van der Waals surface area contributed by atoms with Crippen molar-refractivity contribution >= 4 is 22.2 Å². The van der Waals surface area contributed by atoms with Crippen molar-refractivity contribution < 1.29 is 0 Å². The number of aryl methyl sites for hydroxylation is 2. The third kappa shape index (κ3) is 2.85. The molecule has 0 aliphatic rings. The average molecular weight is 313 g/mol. The Bertz CT molecular complexity index is 934. The van der Waals surface area contributed by atoms with Crippen molar-refractivity contribution in [1.82, 2.24) is 0 Å². The van der Waals surface area contributed by atoms with E-state index >= 15 is 0 Å². The first-order chi connectivity index (χ1) is 11.5. The van der Waals surface area contributed by atoms with Gasteiger partial charge in [-0.25, -0.2) is 0 Å². The standard InChI is InChI=1S/C23H23N/c1-16(2)24(19(5)21-11-7-6-9-18(21)4)23-12-8-10-20-15-17(3)13-14-22(20)23/h6-15H,1,5H2,2-4H3. The smallest absolute Gasteiger partial charge is 0.0536 e. The predicted octanol–water partition coefficient (Wildman–Crippen LogP) is 6.47. The van der Waals surface area contributed by atoms with Crippen LogP contribution in [0.1, 0.15) is 23.6 Å². The van der Waals surface area contributed by atoms with Crippen LogP contribution >= 0.6 is 0 Å². The van der Waals surface area contributed by atoms with E-state index in [2.05, 4.69) is 92.6 Å². The molecule has 0 aliphatic heterocycles. The Morgan fingerprint density at radius 2 is 1.62 bits per heavy atom. The van der Waals surface area contributed by atoms with E-state index in [1.165, 1.54) is 21.9 Å². The van der Waals surface area contributed by atoms with Crippen LogP contribution < -0.4 is 4.90 Å². The van der Waals surface area contributed by atoms with Crippen LogP contribution in [0.25, 0.3) is 16.5 Å². The molecule has 0 aromatic heterocycles. The van der Waals surface area contributed by atoms with Crippen LogP contribution in [0.15, 0.2) is 79.5 Å². The molecule has 0 atom stereocenters. The van der Waals surface area contributed by atoms with E-state index in [1.54, 1.807) is 0 Å². The monoisotopic (exact) mass is 313 g/mol. The lowest BCUT2D eigenvalue weighted by molar-refractivity contribution is 1.18. The van der Waals surface area contributed by atoms with Crippen LogP contribution in [0.5, 0.6) is 0 Å². The molecular formula is C23H23N. The van der Waals surface area contributed by atoms with E-state index in [0.717, 1.165) is 22.6 Å². The fourth-order valence-electron chi connectivity index (χ4n) is 3.18. The Kier molecular flexibility index (Phi) is 4.26. The van der Waals surface area contributed by atoms with Crippen LogP contribution in [0.3, 0.4) is 0 Å². The van der Waals surface area contributed by atoms with Gasteiger partial charge in [0.25, 0.3) is 0 Å². The van der Waals surface area contributed by atoms with Crippen LogP contribution in [0, 0.1) is 13.8 Å². The molecule has 3 rings (SSSR count). The van der Waals surface area contributed by atoms with Gasteiger partial charge in [-0.3, -0.25) is 0 Å². The van der Waals surface area contributed by atoms with E-state index in [-0.39, 0.29) is 0 Å². The van der Waals surface area contributed by atoms with Crippen LogP contribution in [0.2, 0.25) is 0 Å². The summed E-state index contributed by atoms with van der Waals surface area (Å²) in [6, 6.07) is 21.3. The zero-order valence-corrected chi connectivity index (χ0v) is 14.6. The molecule has 1 nitrogen and oxygen atoms in total. The van der Waals surface area contributed by atoms with Crippen molar-refractivity contribution in [3.63, 3.8) is 0 Å². The van der Waals surface area contributed by atoms with Gasteiger partial charge in [0.15, 0.2) is 0 Å². The number of benzene rings is 3. The van der Waals surface area contributed by atoms with E-state index < -0.39 is 0 Å². The lowest BCUT2D eigenvalue weighted by atomic mass is 10.0. The highest BCUT2D eigenvalue weighted by Gasteiger charge is 2.16. The molecule has 0 saturated carbocycles. The van der Waals surface area contributed by atoms with Gasteiger partial charge in [0, 0.05) is 22.3 Å². The van der Waals surface area contributed by atoms with Crippen molar-refractivity contribution in [2.45, 2.75) is 20.8 Å². The normalized spacial score (nSPS) is 10.6. The number of anilines is 1. The van der Waals surface area contributed by atoms with Crippen LogP contribution in [-0.2, 0) is 0 Å². The Morgan fingerprint density at radius 3 is 2.33 bits per heavy atom. The van der Waals surface area contributed by atoms with Gasteiger partial charge in [-0.1, -0.05) is 73.3 Å². The molecule has 3 aromatic carbocycles. The number of fused-ring (bicyclic) bond motifs is 1. The summed E-state index contributed by atoms with van der Waals surface area (Å²) >= 11 is 0. The highest BCUT2D eigenvalue weighted by Crippen LogP contribution is 2.35. The van der Waals surface area contributed by atoms with Gasteiger partial charge < -0.3 is 4.90 Å². The Balaban J connectivity index is 2.18. The second-order valence-electron chi connectivity index (χ2n) is 6.33. The molecular weight excluding hydrogens is 290 g/mol. The molecule has 0 bridgehead atoms. The lowest BCUT2D eigenvalue weighted by Crippen LogP contribution is -2.18. The number of hydrogen-bond acceptors (Lipinski definition) is 1. The minimum atomic E-state index is 0.952. The van der Waals surface area contributed by atoms with Crippen molar-refractivity contribution in [1.29, 1.82) is 0 Å². The summed E-state index contributed by atoms with van der Waals surface area (Å²) in [4.78, 5) is 2.15. The van der Waals surface area contributed by atoms with E-state index in [4.69, 9.17) is 0 Å². The van der Waals surface area contributed by atoms with Crippen molar-refractivity contribution in [2.24, 2.45) is 0 Å². The van der Waals surface area contributed by atoms with Gasteiger partial charge >= 0.3 is 0 Å². The van der Waals surface area contributed by atoms with Gasteiger partial charge in [-0.15, -0.1) is 0 Å². The van der Waals surface area contributed by atoms with Crippen molar-refractivity contribution in [3.8, 4) is 0 Å². The summed E-state index contributed by atoms with van der Waals surface area (Å²) in [7, 11) is 0. The second kappa shape index (κ2) is 6.37. The first-order valence-electron chi connectivity index (χ1n) is 8.19. The molecule has 1 heteroatoms. The van der Waals surface area contributed by atoms with Gasteiger partial charge in [0.1, 0.15) is 0 Å². The third-order valence-corrected chi connectivity index (χ3v) is 4.36. The van der Waals surface area contributed by atoms with Crippen molar-refractivity contribution in [2.75, 3.05) is 4.90 Å². The first kappa shape index (κ1) is 16.1. The number of hydrogen-bond donors (Lipinski definition) is 0. The second-order valence-corrected chi connectivity index (χ2v) is 6.33. The van der Waals surface area contributed by atoms with E-state index in [9.17, 15) is 0 Å². The Morgan fingerprint density at radius 1 is 0.875 bits per heavy atom. The lowest BCUT2D eigenvalue weighted by Gasteiger charge is -2.29. The zero-order chi connectivity index (χ0) is 17.3. The SMILES string of the molecule is C=C(C)N(C(=C)c1ccccc1C)c1cccc2cc(C)ccc12. The topological polar surface area (TPSA) is 3.24 Å². The summed E-state index contributed by atoms with van der Waals surface area (Å²) in [5.74, 6) is 0. The molecule has 3 aromatic rings. The molecule has 0 aliphatic carbocycles. The minimum absolute atomic E-state index is 0.952. The molecule has 24 heavy (non-hydrogen) atoms. The van der Waals surface area contributed by atoms with Crippen molar-refractivity contribution in [3.05, 3.63) is 96.2 Å². The highest BCUT2D eigenvalue weighted by atomic mass is 15.1. The summed E-state index contributed by atoms with van der Waals surface area (Å²) in [5.41, 5.74) is 6.65. The van der Waals surface area contributed by atoms with Gasteiger partial charge in [0.2, 0.25) is 0 Å². The maximum Gasteiger partial charge on any atom is 0.0536 e.